The van der Waals surface area contributed by atoms with Gasteiger partial charge in [-0.3, -0.25) is 9.59 Å². The molecule has 0 spiro atoms. The number of hydrogen-bond donors (Lipinski definition) is 1. The van der Waals surface area contributed by atoms with Gasteiger partial charge in [0.1, 0.15) is 6.04 Å². The molecule has 5 nitrogen and oxygen atoms in total. The highest BCUT2D eigenvalue weighted by Crippen LogP contribution is 2.13. The van der Waals surface area contributed by atoms with E-state index in [9.17, 15) is 9.59 Å². The lowest BCUT2D eigenvalue weighted by Gasteiger charge is -2.31. The summed E-state index contributed by atoms with van der Waals surface area (Å²) in [6.07, 6.45) is 3.31. The van der Waals surface area contributed by atoms with E-state index < -0.39 is 6.04 Å². The van der Waals surface area contributed by atoms with Crippen molar-refractivity contribution in [1.82, 2.24) is 10.2 Å². The molecule has 1 aromatic rings. The van der Waals surface area contributed by atoms with E-state index in [4.69, 9.17) is 0 Å². The van der Waals surface area contributed by atoms with Crippen molar-refractivity contribution in [3.05, 3.63) is 35.9 Å². The topological polar surface area (TPSA) is 52.7 Å². The van der Waals surface area contributed by atoms with Crippen LogP contribution < -0.4 is 10.2 Å². The Morgan fingerprint density at radius 3 is 2.62 bits per heavy atom. The van der Waals surface area contributed by atoms with Crippen molar-refractivity contribution in [2.45, 2.75) is 13.0 Å². The van der Waals surface area contributed by atoms with Crippen LogP contribution in [0.4, 0.5) is 5.69 Å². The summed E-state index contributed by atoms with van der Waals surface area (Å²) in [5.74, 6) is -0.229. The fraction of sp³-hybridized carbons (Fsp3) is 0.375. The van der Waals surface area contributed by atoms with Crippen LogP contribution in [0.5, 0.6) is 0 Å². The second-order valence-corrected chi connectivity index (χ2v) is 5.32. The smallest absolute Gasteiger partial charge is 0.247 e. The molecule has 1 aliphatic rings. The first-order valence-electron chi connectivity index (χ1n) is 7.03. The molecule has 1 aliphatic heterocycles. The maximum absolute atomic E-state index is 12.2. The maximum Gasteiger partial charge on any atom is 0.247 e. The molecule has 1 atom stereocenters. The van der Waals surface area contributed by atoms with E-state index in [-0.39, 0.29) is 11.8 Å². The summed E-state index contributed by atoms with van der Waals surface area (Å²) >= 11 is 0. The number of anilines is 1. The number of piperazine rings is 1. The van der Waals surface area contributed by atoms with Gasteiger partial charge in [-0.2, -0.15) is 0 Å². The average Bonchev–Trinajstić information content (AvgIpc) is 2.48. The molecule has 1 saturated heterocycles. The molecule has 1 heterocycles. The molecule has 1 aromatic carbocycles. The van der Waals surface area contributed by atoms with E-state index >= 15 is 0 Å². The van der Waals surface area contributed by atoms with Crippen molar-refractivity contribution in [2.24, 2.45) is 0 Å². The van der Waals surface area contributed by atoms with Gasteiger partial charge in [-0.25, -0.2) is 0 Å². The molecule has 0 aromatic heterocycles. The molecule has 112 valence electrons. The Balaban J connectivity index is 2.03. The zero-order chi connectivity index (χ0) is 15.4. The molecule has 0 saturated carbocycles. The standard InChI is InChI=1S/C16H21N3O2/c1-12-16(21)17-10-11-19(12)15(20)9-6-13-4-7-14(8-5-13)18(2)3/h4-9,12H,10-11H2,1-3H3,(H,17,21). The Hall–Kier alpha value is -2.30. The molecule has 0 radical (unpaired) electrons. The van der Waals surface area contributed by atoms with Crippen LogP contribution in [0.2, 0.25) is 0 Å². The van der Waals surface area contributed by atoms with Crippen molar-refractivity contribution in [2.75, 3.05) is 32.1 Å². The fourth-order valence-electron chi connectivity index (χ4n) is 2.23. The molecule has 0 bridgehead atoms. The summed E-state index contributed by atoms with van der Waals surface area (Å²) < 4.78 is 0. The van der Waals surface area contributed by atoms with E-state index in [1.807, 2.05) is 43.3 Å². The number of nitrogens with one attached hydrogen (secondary N) is 1. The summed E-state index contributed by atoms with van der Waals surface area (Å²) in [4.78, 5) is 27.3. The highest BCUT2D eigenvalue weighted by atomic mass is 16.2. The summed E-state index contributed by atoms with van der Waals surface area (Å²) in [6, 6.07) is 7.52. The molecule has 1 N–H and O–H groups in total. The van der Waals surface area contributed by atoms with Gasteiger partial charge >= 0.3 is 0 Å². The Labute approximate surface area is 125 Å². The first-order chi connectivity index (χ1) is 9.99. The Bertz CT molecular complexity index is 549. The van der Waals surface area contributed by atoms with Gasteiger partial charge in [0.15, 0.2) is 0 Å². The number of hydrogen-bond acceptors (Lipinski definition) is 3. The minimum absolute atomic E-state index is 0.0988. The lowest BCUT2D eigenvalue weighted by molar-refractivity contribution is -0.139. The predicted octanol–water partition coefficient (Wildman–Crippen LogP) is 1.11. The number of amides is 2. The van der Waals surface area contributed by atoms with Gasteiger partial charge in [0, 0.05) is 38.9 Å². The van der Waals surface area contributed by atoms with Gasteiger partial charge in [-0.1, -0.05) is 12.1 Å². The quantitative estimate of drug-likeness (QED) is 0.847. The fourth-order valence-corrected chi connectivity index (χ4v) is 2.23. The second kappa shape index (κ2) is 6.43. The Kier molecular flexibility index (Phi) is 4.62. The molecular weight excluding hydrogens is 266 g/mol. The van der Waals surface area contributed by atoms with Crippen molar-refractivity contribution in [3.8, 4) is 0 Å². The predicted molar refractivity (Wildman–Crippen MR) is 84.0 cm³/mol. The summed E-state index contributed by atoms with van der Waals surface area (Å²) in [5, 5.41) is 2.75. The Morgan fingerprint density at radius 2 is 2.00 bits per heavy atom. The molecule has 5 heteroatoms. The van der Waals surface area contributed by atoms with Gasteiger partial charge in [-0.15, -0.1) is 0 Å². The molecule has 1 fully saturated rings. The molecule has 2 amide bonds. The van der Waals surface area contributed by atoms with Crippen LogP contribution in [-0.2, 0) is 9.59 Å². The maximum atomic E-state index is 12.2. The summed E-state index contributed by atoms with van der Waals surface area (Å²) in [7, 11) is 3.97. The van der Waals surface area contributed by atoms with E-state index in [0.29, 0.717) is 13.1 Å². The van der Waals surface area contributed by atoms with E-state index in [1.165, 1.54) is 6.08 Å². The SMILES string of the molecule is CC1C(=O)NCCN1C(=O)C=Cc1ccc(N(C)C)cc1. The van der Waals surface area contributed by atoms with Crippen LogP contribution in [0.25, 0.3) is 6.08 Å². The monoisotopic (exact) mass is 287 g/mol. The molecule has 21 heavy (non-hydrogen) atoms. The number of nitrogens with zero attached hydrogens (tertiary/aromatic N) is 2. The molecule has 0 aliphatic carbocycles. The third kappa shape index (κ3) is 3.62. The van der Waals surface area contributed by atoms with Crippen molar-refractivity contribution in [3.63, 3.8) is 0 Å². The minimum atomic E-state index is -0.410. The van der Waals surface area contributed by atoms with Gasteiger partial charge in [0.05, 0.1) is 0 Å². The minimum Gasteiger partial charge on any atom is -0.378 e. The van der Waals surface area contributed by atoms with Crippen LogP contribution >= 0.6 is 0 Å². The normalized spacial score (nSPS) is 18.7. The first kappa shape index (κ1) is 15.1. The van der Waals surface area contributed by atoms with Crippen LogP contribution in [0.1, 0.15) is 12.5 Å². The second-order valence-electron chi connectivity index (χ2n) is 5.32. The summed E-state index contributed by atoms with van der Waals surface area (Å²) in [5.41, 5.74) is 2.07. The highest BCUT2D eigenvalue weighted by Gasteiger charge is 2.27. The van der Waals surface area contributed by atoms with Gasteiger partial charge in [-0.05, 0) is 30.7 Å². The molecule has 2 rings (SSSR count). The van der Waals surface area contributed by atoms with Crippen LogP contribution in [-0.4, -0.2) is 49.9 Å². The van der Waals surface area contributed by atoms with Crippen molar-refractivity contribution in [1.29, 1.82) is 0 Å². The van der Waals surface area contributed by atoms with Crippen molar-refractivity contribution >= 4 is 23.6 Å². The summed E-state index contributed by atoms with van der Waals surface area (Å²) in [6.45, 7) is 2.81. The lowest BCUT2D eigenvalue weighted by atomic mass is 10.1. The zero-order valence-corrected chi connectivity index (χ0v) is 12.7. The Morgan fingerprint density at radius 1 is 1.33 bits per heavy atom. The highest BCUT2D eigenvalue weighted by molar-refractivity contribution is 5.96. The zero-order valence-electron chi connectivity index (χ0n) is 12.7. The van der Waals surface area contributed by atoms with Gasteiger partial charge in [0.2, 0.25) is 11.8 Å². The number of carbonyl (C=O) groups is 2. The number of benzene rings is 1. The average molecular weight is 287 g/mol. The van der Waals surface area contributed by atoms with E-state index in [1.54, 1.807) is 17.9 Å². The number of carbonyl (C=O) groups excluding carboxylic acids is 2. The van der Waals surface area contributed by atoms with E-state index in [2.05, 4.69) is 5.32 Å². The lowest BCUT2D eigenvalue weighted by Crippen LogP contribution is -2.55. The van der Waals surface area contributed by atoms with E-state index in [0.717, 1.165) is 11.3 Å². The number of rotatable bonds is 3. The van der Waals surface area contributed by atoms with Crippen LogP contribution in [0.15, 0.2) is 30.3 Å². The third-order valence-electron chi connectivity index (χ3n) is 3.61. The largest absolute Gasteiger partial charge is 0.378 e. The van der Waals surface area contributed by atoms with Gasteiger partial charge in [0.25, 0.3) is 0 Å². The van der Waals surface area contributed by atoms with Crippen molar-refractivity contribution < 1.29 is 9.59 Å². The van der Waals surface area contributed by atoms with Crippen LogP contribution in [0, 0.1) is 0 Å². The third-order valence-corrected chi connectivity index (χ3v) is 3.61. The van der Waals surface area contributed by atoms with Crippen LogP contribution in [0.3, 0.4) is 0 Å². The molecular formula is C16H21N3O2. The van der Waals surface area contributed by atoms with Gasteiger partial charge < -0.3 is 15.1 Å². The first-order valence-corrected chi connectivity index (χ1v) is 7.03. The molecule has 1 unspecified atom stereocenters.